The molecule has 0 aliphatic carbocycles. The molecule has 1 aromatic carbocycles. The highest BCUT2D eigenvalue weighted by atomic mass is 16.1. The smallest absolute Gasteiger partial charge is 0.168 e. The molecule has 0 saturated carbocycles. The van der Waals surface area contributed by atoms with Crippen LogP contribution in [0.2, 0.25) is 0 Å². The van der Waals surface area contributed by atoms with Gasteiger partial charge >= 0.3 is 0 Å². The fourth-order valence-electron chi connectivity index (χ4n) is 1.70. The summed E-state index contributed by atoms with van der Waals surface area (Å²) < 4.78 is 0. The number of carbonyl (C=O) groups excluding carboxylic acids is 1. The Bertz CT molecular complexity index is 367. The van der Waals surface area contributed by atoms with Crippen LogP contribution < -0.4 is 5.32 Å². The third-order valence-electron chi connectivity index (χ3n) is 2.81. The number of ketones is 1. The van der Waals surface area contributed by atoms with Crippen molar-refractivity contribution in [2.75, 3.05) is 13.1 Å². The first-order valence-electron chi connectivity index (χ1n) is 5.00. The van der Waals surface area contributed by atoms with Crippen LogP contribution in [0.5, 0.6) is 0 Å². The first-order valence-corrected chi connectivity index (χ1v) is 5.00. The molecular weight excluding hydrogens is 174 g/mol. The van der Waals surface area contributed by atoms with Crippen LogP contribution in [0, 0.1) is 19.8 Å². The van der Waals surface area contributed by atoms with E-state index in [1.807, 2.05) is 32.0 Å². The van der Waals surface area contributed by atoms with E-state index in [1.54, 1.807) is 0 Å². The van der Waals surface area contributed by atoms with Gasteiger partial charge in [-0.1, -0.05) is 17.7 Å². The maximum atomic E-state index is 12.0. The van der Waals surface area contributed by atoms with E-state index in [1.165, 1.54) is 0 Å². The normalized spacial score (nSPS) is 16.4. The molecule has 2 rings (SSSR count). The van der Waals surface area contributed by atoms with Crippen molar-refractivity contribution >= 4 is 5.78 Å². The van der Waals surface area contributed by atoms with Crippen molar-refractivity contribution in [3.05, 3.63) is 34.9 Å². The monoisotopic (exact) mass is 189 g/mol. The zero-order valence-corrected chi connectivity index (χ0v) is 8.63. The lowest BCUT2D eigenvalue weighted by Gasteiger charge is -2.26. The van der Waals surface area contributed by atoms with Gasteiger partial charge in [0.2, 0.25) is 0 Å². The Morgan fingerprint density at radius 3 is 2.64 bits per heavy atom. The number of aryl methyl sites for hydroxylation is 2. The van der Waals surface area contributed by atoms with E-state index < -0.39 is 0 Å². The van der Waals surface area contributed by atoms with Gasteiger partial charge in [-0.15, -0.1) is 0 Å². The predicted molar refractivity (Wildman–Crippen MR) is 56.6 cm³/mol. The minimum Gasteiger partial charge on any atom is -0.315 e. The van der Waals surface area contributed by atoms with Crippen LogP contribution in [0.15, 0.2) is 18.2 Å². The molecule has 1 aliphatic rings. The van der Waals surface area contributed by atoms with E-state index in [4.69, 9.17) is 0 Å². The average molecular weight is 189 g/mol. The maximum Gasteiger partial charge on any atom is 0.168 e. The average Bonchev–Trinajstić information content (AvgIpc) is 2.06. The molecule has 0 atom stereocenters. The Morgan fingerprint density at radius 1 is 1.36 bits per heavy atom. The van der Waals surface area contributed by atoms with Crippen molar-refractivity contribution in [1.82, 2.24) is 5.32 Å². The van der Waals surface area contributed by atoms with E-state index in [2.05, 4.69) is 5.32 Å². The van der Waals surface area contributed by atoms with Crippen molar-refractivity contribution in [3.8, 4) is 0 Å². The molecule has 1 saturated heterocycles. The molecule has 1 fully saturated rings. The van der Waals surface area contributed by atoms with Gasteiger partial charge in [-0.2, -0.15) is 0 Å². The Balaban J connectivity index is 2.29. The van der Waals surface area contributed by atoms with Gasteiger partial charge in [-0.3, -0.25) is 4.79 Å². The van der Waals surface area contributed by atoms with Crippen molar-refractivity contribution in [2.24, 2.45) is 5.92 Å². The summed E-state index contributed by atoms with van der Waals surface area (Å²) in [6, 6.07) is 6.07. The molecular formula is C12H15NO. The molecule has 1 heterocycles. The molecule has 2 heteroatoms. The van der Waals surface area contributed by atoms with Gasteiger partial charge in [-0.25, -0.2) is 0 Å². The summed E-state index contributed by atoms with van der Waals surface area (Å²) >= 11 is 0. The number of nitrogens with one attached hydrogen (secondary N) is 1. The molecule has 1 N–H and O–H groups in total. The number of carbonyl (C=O) groups is 1. The lowest BCUT2D eigenvalue weighted by molar-refractivity contribution is 0.0877. The number of hydrogen-bond acceptors (Lipinski definition) is 2. The topological polar surface area (TPSA) is 29.1 Å². The van der Waals surface area contributed by atoms with Gasteiger partial charge in [0.1, 0.15) is 0 Å². The summed E-state index contributed by atoms with van der Waals surface area (Å²) in [5.41, 5.74) is 3.15. The van der Waals surface area contributed by atoms with Crippen LogP contribution in [0.3, 0.4) is 0 Å². The van der Waals surface area contributed by atoms with Crippen LogP contribution in [0.1, 0.15) is 21.5 Å². The van der Waals surface area contributed by atoms with Crippen molar-refractivity contribution in [1.29, 1.82) is 0 Å². The van der Waals surface area contributed by atoms with Gasteiger partial charge in [0.25, 0.3) is 0 Å². The van der Waals surface area contributed by atoms with E-state index in [0.717, 1.165) is 29.8 Å². The fraction of sp³-hybridized carbons (Fsp3) is 0.417. The van der Waals surface area contributed by atoms with Crippen LogP contribution in [0.25, 0.3) is 0 Å². The first-order chi connectivity index (χ1) is 6.68. The van der Waals surface area contributed by atoms with Crippen LogP contribution in [-0.2, 0) is 0 Å². The molecule has 14 heavy (non-hydrogen) atoms. The van der Waals surface area contributed by atoms with E-state index in [9.17, 15) is 4.79 Å². The maximum absolute atomic E-state index is 12.0. The third kappa shape index (κ3) is 1.58. The zero-order chi connectivity index (χ0) is 10.1. The second kappa shape index (κ2) is 3.54. The van der Waals surface area contributed by atoms with Crippen molar-refractivity contribution < 1.29 is 4.79 Å². The molecule has 0 spiro atoms. The van der Waals surface area contributed by atoms with E-state index in [0.29, 0.717) is 5.78 Å². The summed E-state index contributed by atoms with van der Waals surface area (Å²) in [7, 11) is 0. The van der Waals surface area contributed by atoms with Gasteiger partial charge in [0, 0.05) is 24.6 Å². The first kappa shape index (κ1) is 9.41. The molecule has 74 valence electrons. The molecule has 0 aromatic heterocycles. The molecule has 0 bridgehead atoms. The van der Waals surface area contributed by atoms with Gasteiger partial charge in [0.15, 0.2) is 5.78 Å². The standard InChI is InChI=1S/C12H15NO/c1-8-3-4-9(2)11(5-8)12(14)10-6-13-7-10/h3-5,10,13H,6-7H2,1-2H3. The predicted octanol–water partition coefficient (Wildman–Crippen LogP) is 1.71. The number of hydrogen-bond donors (Lipinski definition) is 1. The van der Waals surface area contributed by atoms with E-state index >= 15 is 0 Å². The molecule has 2 nitrogen and oxygen atoms in total. The molecule has 1 aliphatic heterocycles. The Labute approximate surface area is 84.3 Å². The summed E-state index contributed by atoms with van der Waals surface area (Å²) in [4.78, 5) is 12.0. The largest absolute Gasteiger partial charge is 0.315 e. The molecule has 1 aromatic rings. The highest BCUT2D eigenvalue weighted by Gasteiger charge is 2.26. The molecule has 0 unspecified atom stereocenters. The summed E-state index contributed by atoms with van der Waals surface area (Å²) in [5.74, 6) is 0.500. The van der Waals surface area contributed by atoms with Crippen LogP contribution in [0.4, 0.5) is 0 Å². The quantitative estimate of drug-likeness (QED) is 0.717. The lowest BCUT2D eigenvalue weighted by atomic mass is 9.90. The second-order valence-electron chi connectivity index (χ2n) is 4.04. The Kier molecular flexibility index (Phi) is 2.38. The van der Waals surface area contributed by atoms with E-state index in [-0.39, 0.29) is 5.92 Å². The SMILES string of the molecule is Cc1ccc(C)c(C(=O)C2CNC2)c1. The second-order valence-corrected chi connectivity index (χ2v) is 4.04. The van der Waals surface area contributed by atoms with Crippen molar-refractivity contribution in [2.45, 2.75) is 13.8 Å². The highest BCUT2D eigenvalue weighted by Crippen LogP contribution is 2.17. The van der Waals surface area contributed by atoms with Crippen molar-refractivity contribution in [3.63, 3.8) is 0 Å². The third-order valence-corrected chi connectivity index (χ3v) is 2.81. The highest BCUT2D eigenvalue weighted by molar-refractivity contribution is 6.00. The minimum atomic E-state index is 0.204. The summed E-state index contributed by atoms with van der Waals surface area (Å²) in [5, 5.41) is 3.13. The molecule has 0 amide bonds. The van der Waals surface area contributed by atoms with Crippen LogP contribution in [-0.4, -0.2) is 18.9 Å². The fourth-order valence-corrected chi connectivity index (χ4v) is 1.70. The molecule has 0 radical (unpaired) electrons. The number of Topliss-reactive ketones (excluding diaryl/α,β-unsaturated/α-hetero) is 1. The minimum absolute atomic E-state index is 0.204. The van der Waals surface area contributed by atoms with Gasteiger partial charge in [0.05, 0.1) is 0 Å². The Hall–Kier alpha value is -1.15. The number of benzene rings is 1. The summed E-state index contributed by atoms with van der Waals surface area (Å²) in [6.45, 7) is 5.70. The lowest BCUT2D eigenvalue weighted by Crippen LogP contribution is -2.46. The van der Waals surface area contributed by atoms with Gasteiger partial charge in [-0.05, 0) is 25.5 Å². The summed E-state index contributed by atoms with van der Waals surface area (Å²) in [6.07, 6.45) is 0. The van der Waals surface area contributed by atoms with Crippen LogP contribution >= 0.6 is 0 Å². The Morgan fingerprint density at radius 2 is 2.07 bits per heavy atom. The van der Waals surface area contributed by atoms with Gasteiger partial charge < -0.3 is 5.32 Å². The number of rotatable bonds is 2. The zero-order valence-electron chi connectivity index (χ0n) is 8.63.